The molecule has 21 heavy (non-hydrogen) atoms. The molecule has 0 aliphatic carbocycles. The van der Waals surface area contributed by atoms with E-state index in [1.165, 1.54) is 12.0 Å². The minimum absolute atomic E-state index is 0.0566. The van der Waals surface area contributed by atoms with Crippen molar-refractivity contribution in [2.75, 3.05) is 17.2 Å². The van der Waals surface area contributed by atoms with E-state index in [0.717, 1.165) is 39.0 Å². The van der Waals surface area contributed by atoms with Gasteiger partial charge in [-0.25, -0.2) is 0 Å². The lowest BCUT2D eigenvalue weighted by Crippen LogP contribution is -2.16. The summed E-state index contributed by atoms with van der Waals surface area (Å²) >= 11 is 2.22. The van der Waals surface area contributed by atoms with Crippen LogP contribution in [0.25, 0.3) is 0 Å². The fraction of sp³-hybridized carbons (Fsp3) is 0.235. The van der Waals surface area contributed by atoms with Crippen LogP contribution in [0.3, 0.4) is 0 Å². The summed E-state index contributed by atoms with van der Waals surface area (Å²) in [6.45, 7) is 3.02. The SMILES string of the molecule is Cc1cccc(C(=O)Nc2ccc3c(c2)NCCC3)c1I. The first-order chi connectivity index (χ1) is 10.1. The zero-order valence-corrected chi connectivity index (χ0v) is 14.0. The molecule has 4 heteroatoms. The lowest BCUT2D eigenvalue weighted by Gasteiger charge is -2.19. The minimum Gasteiger partial charge on any atom is -0.385 e. The molecule has 1 heterocycles. The molecule has 2 aromatic rings. The van der Waals surface area contributed by atoms with Gasteiger partial charge < -0.3 is 10.6 Å². The average Bonchev–Trinajstić information content (AvgIpc) is 2.50. The van der Waals surface area contributed by atoms with E-state index in [1.807, 2.05) is 37.3 Å². The van der Waals surface area contributed by atoms with Crippen LogP contribution in [0.5, 0.6) is 0 Å². The van der Waals surface area contributed by atoms with Crippen molar-refractivity contribution in [3.8, 4) is 0 Å². The zero-order chi connectivity index (χ0) is 14.8. The van der Waals surface area contributed by atoms with E-state index < -0.39 is 0 Å². The summed E-state index contributed by atoms with van der Waals surface area (Å²) in [6.07, 6.45) is 2.27. The number of nitrogens with one attached hydrogen (secondary N) is 2. The number of anilines is 2. The Morgan fingerprint density at radius 3 is 3.00 bits per heavy atom. The molecule has 0 fully saturated rings. The maximum Gasteiger partial charge on any atom is 0.256 e. The van der Waals surface area contributed by atoms with Gasteiger partial charge in [0.1, 0.15) is 0 Å². The first-order valence-electron chi connectivity index (χ1n) is 7.08. The van der Waals surface area contributed by atoms with Gasteiger partial charge >= 0.3 is 0 Å². The van der Waals surface area contributed by atoms with Gasteiger partial charge in [0.25, 0.3) is 5.91 Å². The van der Waals surface area contributed by atoms with Gasteiger partial charge in [0.15, 0.2) is 0 Å². The highest BCUT2D eigenvalue weighted by Gasteiger charge is 2.13. The third-order valence-electron chi connectivity index (χ3n) is 3.74. The number of rotatable bonds is 2. The zero-order valence-electron chi connectivity index (χ0n) is 11.9. The van der Waals surface area contributed by atoms with Crippen molar-refractivity contribution in [1.29, 1.82) is 0 Å². The van der Waals surface area contributed by atoms with Crippen molar-refractivity contribution in [3.05, 3.63) is 56.7 Å². The van der Waals surface area contributed by atoms with Crippen molar-refractivity contribution in [2.24, 2.45) is 0 Å². The predicted octanol–water partition coefficient (Wildman–Crippen LogP) is 4.21. The first kappa shape index (κ1) is 14.4. The number of amides is 1. The van der Waals surface area contributed by atoms with Gasteiger partial charge in [0, 0.05) is 21.5 Å². The Hall–Kier alpha value is -1.56. The summed E-state index contributed by atoms with van der Waals surface area (Å²) in [7, 11) is 0. The van der Waals surface area contributed by atoms with E-state index >= 15 is 0 Å². The Balaban J connectivity index is 1.83. The Labute approximate surface area is 138 Å². The molecule has 3 rings (SSSR count). The maximum atomic E-state index is 12.4. The summed E-state index contributed by atoms with van der Waals surface area (Å²) in [5.41, 5.74) is 5.14. The second kappa shape index (κ2) is 6.05. The van der Waals surface area contributed by atoms with E-state index in [-0.39, 0.29) is 5.91 Å². The van der Waals surface area contributed by atoms with Gasteiger partial charge in [-0.3, -0.25) is 4.79 Å². The molecule has 2 aromatic carbocycles. The molecule has 0 aromatic heterocycles. The summed E-state index contributed by atoms with van der Waals surface area (Å²) in [5.74, 6) is -0.0566. The molecule has 0 unspecified atom stereocenters. The van der Waals surface area contributed by atoms with Crippen LogP contribution >= 0.6 is 22.6 Å². The highest BCUT2D eigenvalue weighted by atomic mass is 127. The van der Waals surface area contributed by atoms with E-state index in [2.05, 4.69) is 39.3 Å². The molecule has 0 spiro atoms. The third kappa shape index (κ3) is 3.05. The molecule has 0 saturated carbocycles. The molecular weight excluding hydrogens is 375 g/mol. The lowest BCUT2D eigenvalue weighted by atomic mass is 10.0. The number of benzene rings is 2. The molecule has 0 bridgehead atoms. The van der Waals surface area contributed by atoms with Crippen molar-refractivity contribution in [2.45, 2.75) is 19.8 Å². The monoisotopic (exact) mass is 392 g/mol. The topological polar surface area (TPSA) is 41.1 Å². The van der Waals surface area contributed by atoms with Crippen LogP contribution in [0, 0.1) is 10.5 Å². The minimum atomic E-state index is -0.0566. The molecular formula is C17H17IN2O. The molecule has 0 saturated heterocycles. The van der Waals surface area contributed by atoms with Crippen molar-refractivity contribution >= 4 is 39.9 Å². The fourth-order valence-electron chi connectivity index (χ4n) is 2.56. The number of fused-ring (bicyclic) bond motifs is 1. The second-order valence-electron chi connectivity index (χ2n) is 5.29. The van der Waals surface area contributed by atoms with Crippen LogP contribution in [-0.2, 0) is 6.42 Å². The van der Waals surface area contributed by atoms with Gasteiger partial charge in [-0.1, -0.05) is 18.2 Å². The first-order valence-corrected chi connectivity index (χ1v) is 8.16. The van der Waals surface area contributed by atoms with Crippen LogP contribution in [-0.4, -0.2) is 12.5 Å². The maximum absolute atomic E-state index is 12.4. The Morgan fingerprint density at radius 1 is 1.29 bits per heavy atom. The Bertz CT molecular complexity index is 697. The van der Waals surface area contributed by atoms with Crippen LogP contribution in [0.1, 0.15) is 27.9 Å². The summed E-state index contributed by atoms with van der Waals surface area (Å²) in [4.78, 5) is 12.4. The number of halogens is 1. The van der Waals surface area contributed by atoms with Crippen LogP contribution in [0.4, 0.5) is 11.4 Å². The van der Waals surface area contributed by atoms with E-state index in [1.54, 1.807) is 0 Å². The molecule has 0 atom stereocenters. The largest absolute Gasteiger partial charge is 0.385 e. The lowest BCUT2D eigenvalue weighted by molar-refractivity contribution is 0.102. The smallest absolute Gasteiger partial charge is 0.256 e. The summed E-state index contributed by atoms with van der Waals surface area (Å²) in [6, 6.07) is 11.9. The Kier molecular flexibility index (Phi) is 4.14. The average molecular weight is 392 g/mol. The van der Waals surface area contributed by atoms with Crippen LogP contribution < -0.4 is 10.6 Å². The second-order valence-corrected chi connectivity index (χ2v) is 6.37. The van der Waals surface area contributed by atoms with Crippen molar-refractivity contribution in [3.63, 3.8) is 0 Å². The van der Waals surface area contributed by atoms with Gasteiger partial charge in [0.2, 0.25) is 0 Å². The number of carbonyl (C=O) groups is 1. The molecule has 1 aliphatic rings. The Morgan fingerprint density at radius 2 is 2.14 bits per heavy atom. The van der Waals surface area contributed by atoms with Gasteiger partial charge in [-0.15, -0.1) is 0 Å². The quantitative estimate of drug-likeness (QED) is 0.752. The highest BCUT2D eigenvalue weighted by molar-refractivity contribution is 14.1. The fourth-order valence-corrected chi connectivity index (χ4v) is 3.16. The van der Waals surface area contributed by atoms with E-state index in [9.17, 15) is 4.79 Å². The molecule has 2 N–H and O–H groups in total. The van der Waals surface area contributed by atoms with Gasteiger partial charge in [-0.2, -0.15) is 0 Å². The summed E-state index contributed by atoms with van der Waals surface area (Å²) in [5, 5.41) is 6.38. The van der Waals surface area contributed by atoms with E-state index in [0.29, 0.717) is 0 Å². The molecule has 1 aliphatic heterocycles. The number of hydrogen-bond donors (Lipinski definition) is 2. The third-order valence-corrected chi connectivity index (χ3v) is 5.17. The van der Waals surface area contributed by atoms with Gasteiger partial charge in [0.05, 0.1) is 5.56 Å². The van der Waals surface area contributed by atoms with E-state index in [4.69, 9.17) is 0 Å². The highest BCUT2D eigenvalue weighted by Crippen LogP contribution is 2.26. The molecule has 1 amide bonds. The predicted molar refractivity (Wildman–Crippen MR) is 95.1 cm³/mol. The molecule has 108 valence electrons. The number of aryl methyl sites for hydroxylation is 2. The van der Waals surface area contributed by atoms with Crippen molar-refractivity contribution in [1.82, 2.24) is 0 Å². The summed E-state index contributed by atoms with van der Waals surface area (Å²) < 4.78 is 1.00. The van der Waals surface area contributed by atoms with Gasteiger partial charge in [-0.05, 0) is 71.7 Å². The normalized spacial score (nSPS) is 13.2. The van der Waals surface area contributed by atoms with Crippen LogP contribution in [0.2, 0.25) is 0 Å². The van der Waals surface area contributed by atoms with Crippen molar-refractivity contribution < 1.29 is 4.79 Å². The molecule has 3 nitrogen and oxygen atoms in total. The number of carbonyl (C=O) groups excluding carboxylic acids is 1. The standard InChI is InChI=1S/C17H17IN2O/c1-11-4-2-6-14(16(11)18)17(21)20-13-8-7-12-5-3-9-19-15(12)10-13/h2,4,6-8,10,19H,3,5,9H2,1H3,(H,20,21). The molecule has 0 radical (unpaired) electrons. The number of hydrogen-bond acceptors (Lipinski definition) is 2. The van der Waals surface area contributed by atoms with Crippen LogP contribution in [0.15, 0.2) is 36.4 Å².